The number of nitrogens with two attached hydrogens (primary N) is 1. The molecule has 11 nitrogen and oxygen atoms in total. The molecule has 182 valence electrons. The van der Waals surface area contributed by atoms with Crippen LogP contribution in [0.5, 0.6) is 0 Å². The van der Waals surface area contributed by atoms with E-state index in [1.54, 1.807) is 12.1 Å². The molecule has 0 radical (unpaired) electrons. The summed E-state index contributed by atoms with van der Waals surface area (Å²) in [5.74, 6) is 2.41. The SMILES string of the molecule is NOOSc1ccc2c(c1)C(=O)N(c1ccc(NC(=O)NS(=O)(=O)c3cccs3)cc1F)C(=O)C2. The van der Waals surface area contributed by atoms with Gasteiger partial charge in [-0.15, -0.1) is 20.7 Å². The largest absolute Gasteiger partial charge is 0.333 e. The molecule has 2 heterocycles. The van der Waals surface area contributed by atoms with E-state index in [0.717, 1.165) is 35.5 Å². The highest BCUT2D eigenvalue weighted by molar-refractivity contribution is 7.94. The first kappa shape index (κ1) is 24.8. The monoisotopic (exact) mass is 538 g/mol. The predicted octanol–water partition coefficient (Wildman–Crippen LogP) is 2.96. The second-order valence-electron chi connectivity index (χ2n) is 6.94. The van der Waals surface area contributed by atoms with Crippen molar-refractivity contribution in [1.82, 2.24) is 4.72 Å². The first-order chi connectivity index (χ1) is 16.7. The van der Waals surface area contributed by atoms with Gasteiger partial charge in [0.2, 0.25) is 5.91 Å². The third-order valence-corrected chi connectivity index (χ3v) is 8.03. The van der Waals surface area contributed by atoms with Gasteiger partial charge in [0, 0.05) is 16.1 Å². The van der Waals surface area contributed by atoms with E-state index >= 15 is 0 Å². The Morgan fingerprint density at radius 1 is 1.17 bits per heavy atom. The molecule has 0 spiro atoms. The maximum absolute atomic E-state index is 14.9. The number of fused-ring (bicyclic) bond motifs is 1. The summed E-state index contributed by atoms with van der Waals surface area (Å²) in [5, 5.41) is 3.74. The fourth-order valence-electron chi connectivity index (χ4n) is 3.25. The topological polar surface area (TPSA) is 157 Å². The van der Waals surface area contributed by atoms with Crippen LogP contribution < -0.4 is 20.8 Å². The van der Waals surface area contributed by atoms with Gasteiger partial charge in [0.05, 0.1) is 24.2 Å². The Morgan fingerprint density at radius 3 is 2.66 bits per heavy atom. The smallest absolute Gasteiger partial charge is 0.307 e. The van der Waals surface area contributed by atoms with Crippen LogP contribution in [0.15, 0.2) is 63.0 Å². The third-order valence-electron chi connectivity index (χ3n) is 4.71. The summed E-state index contributed by atoms with van der Waals surface area (Å²) < 4.78 is 45.5. The number of halogens is 1. The van der Waals surface area contributed by atoms with Gasteiger partial charge in [-0.2, -0.15) is 5.90 Å². The Bertz CT molecular complexity index is 1410. The van der Waals surface area contributed by atoms with Crippen LogP contribution >= 0.6 is 23.4 Å². The summed E-state index contributed by atoms with van der Waals surface area (Å²) in [4.78, 5) is 42.9. The number of hydrogen-bond acceptors (Lipinski definition) is 10. The minimum absolute atomic E-state index is 0.0692. The van der Waals surface area contributed by atoms with Crippen molar-refractivity contribution < 1.29 is 36.5 Å². The van der Waals surface area contributed by atoms with Gasteiger partial charge >= 0.3 is 6.03 Å². The van der Waals surface area contributed by atoms with Crippen LogP contribution in [-0.4, -0.2) is 26.3 Å². The summed E-state index contributed by atoms with van der Waals surface area (Å²) in [6.45, 7) is 0. The summed E-state index contributed by atoms with van der Waals surface area (Å²) in [5.41, 5.74) is 0.189. The van der Waals surface area contributed by atoms with Gasteiger partial charge in [0.25, 0.3) is 15.9 Å². The molecule has 1 aliphatic heterocycles. The maximum atomic E-state index is 14.9. The van der Waals surface area contributed by atoms with E-state index in [-0.39, 0.29) is 27.6 Å². The third kappa shape index (κ3) is 5.34. The van der Waals surface area contributed by atoms with Crippen LogP contribution in [0.25, 0.3) is 0 Å². The fourth-order valence-corrected chi connectivity index (χ4v) is 5.56. The average Bonchev–Trinajstić information content (AvgIpc) is 3.35. The Hall–Kier alpha value is -3.34. The molecular weight excluding hydrogens is 523 g/mol. The second-order valence-corrected chi connectivity index (χ2v) is 10.6. The lowest BCUT2D eigenvalue weighted by Crippen LogP contribution is -2.43. The number of imide groups is 1. The highest BCUT2D eigenvalue weighted by atomic mass is 32.2. The highest BCUT2D eigenvalue weighted by Gasteiger charge is 2.34. The minimum Gasteiger partial charge on any atom is -0.307 e. The zero-order valence-corrected chi connectivity index (χ0v) is 19.8. The van der Waals surface area contributed by atoms with Crippen molar-refractivity contribution in [3.8, 4) is 0 Å². The number of carbonyl (C=O) groups is 3. The van der Waals surface area contributed by atoms with Crippen LogP contribution in [0.1, 0.15) is 15.9 Å². The van der Waals surface area contributed by atoms with Gasteiger partial charge < -0.3 is 5.32 Å². The van der Waals surface area contributed by atoms with Crippen molar-refractivity contribution >= 4 is 62.6 Å². The Labute approximate surface area is 206 Å². The van der Waals surface area contributed by atoms with E-state index in [0.29, 0.717) is 15.4 Å². The molecule has 0 bridgehead atoms. The highest BCUT2D eigenvalue weighted by Crippen LogP contribution is 2.31. The van der Waals surface area contributed by atoms with Crippen LogP contribution in [0, 0.1) is 5.82 Å². The second kappa shape index (κ2) is 10.1. The van der Waals surface area contributed by atoms with Gasteiger partial charge in [-0.1, -0.05) is 12.1 Å². The standard InChI is InChI=1S/C20H15FN4O7S3/c21-15-9-12(23-20(28)24-35(29,30)18-2-1-7-33-18)4-6-16(15)25-17(26)8-11-3-5-13(34-32-31-22)10-14(11)19(25)27/h1-7,9-10H,8,22H2,(H2,23,24,28). The number of nitrogens with zero attached hydrogens (tertiary/aromatic N) is 1. The van der Waals surface area contributed by atoms with E-state index in [2.05, 4.69) is 14.6 Å². The summed E-state index contributed by atoms with van der Waals surface area (Å²) in [6.07, 6.45) is -0.150. The molecule has 15 heteroatoms. The molecule has 3 aromatic rings. The zero-order valence-electron chi connectivity index (χ0n) is 17.4. The summed E-state index contributed by atoms with van der Waals surface area (Å²) in [7, 11) is -4.08. The van der Waals surface area contributed by atoms with Crippen molar-refractivity contribution in [3.05, 3.63) is 70.9 Å². The van der Waals surface area contributed by atoms with Crippen molar-refractivity contribution in [2.24, 2.45) is 5.90 Å². The Balaban J connectivity index is 1.53. The first-order valence-corrected chi connectivity index (χ1v) is 12.7. The molecule has 4 N–H and O–H groups in total. The number of urea groups is 1. The van der Waals surface area contributed by atoms with Gasteiger partial charge in [-0.3, -0.25) is 9.59 Å². The van der Waals surface area contributed by atoms with E-state index in [1.165, 1.54) is 29.6 Å². The molecule has 4 amide bonds. The molecule has 0 unspecified atom stereocenters. The Kier molecular flexibility index (Phi) is 7.15. The molecule has 1 aromatic heterocycles. The molecule has 0 saturated heterocycles. The minimum atomic E-state index is -4.08. The molecular formula is C20H15FN4O7S3. The number of sulfonamides is 1. The van der Waals surface area contributed by atoms with Gasteiger partial charge in [0.15, 0.2) is 0 Å². The predicted molar refractivity (Wildman–Crippen MR) is 124 cm³/mol. The number of carbonyl (C=O) groups excluding carboxylic acids is 3. The number of hydrogen-bond donors (Lipinski definition) is 3. The average molecular weight is 539 g/mol. The number of nitrogens with one attached hydrogen (secondary N) is 2. The van der Waals surface area contributed by atoms with Crippen LogP contribution in [0.2, 0.25) is 0 Å². The fraction of sp³-hybridized carbons (Fsp3) is 0.0500. The van der Waals surface area contributed by atoms with Crippen LogP contribution in [0.4, 0.5) is 20.6 Å². The molecule has 0 atom stereocenters. The number of anilines is 2. The van der Waals surface area contributed by atoms with Crippen LogP contribution in [-0.2, 0) is 30.6 Å². The number of rotatable bonds is 7. The van der Waals surface area contributed by atoms with Crippen molar-refractivity contribution in [3.63, 3.8) is 0 Å². The van der Waals surface area contributed by atoms with Gasteiger partial charge in [-0.25, -0.2) is 27.2 Å². The van der Waals surface area contributed by atoms with Crippen molar-refractivity contribution in [1.29, 1.82) is 0 Å². The molecule has 1 aliphatic rings. The van der Waals surface area contributed by atoms with E-state index in [9.17, 15) is 27.2 Å². The quantitative estimate of drug-likeness (QED) is 0.178. The maximum Gasteiger partial charge on any atom is 0.333 e. The molecule has 0 saturated carbocycles. The van der Waals surface area contributed by atoms with E-state index in [1.807, 2.05) is 4.72 Å². The number of amides is 4. The van der Waals surface area contributed by atoms with E-state index < -0.39 is 33.7 Å². The molecule has 0 aliphatic carbocycles. The normalized spacial score (nSPS) is 13.5. The number of benzene rings is 2. The lowest BCUT2D eigenvalue weighted by Gasteiger charge is -2.27. The van der Waals surface area contributed by atoms with Gasteiger partial charge in [0.1, 0.15) is 10.0 Å². The molecule has 4 rings (SSSR count). The molecule has 2 aromatic carbocycles. The summed E-state index contributed by atoms with van der Waals surface area (Å²) in [6, 6.07) is 9.55. The van der Waals surface area contributed by atoms with E-state index in [4.69, 9.17) is 5.90 Å². The molecule has 35 heavy (non-hydrogen) atoms. The Morgan fingerprint density at radius 2 is 1.97 bits per heavy atom. The number of thiophene rings is 1. The first-order valence-electron chi connectivity index (χ1n) is 9.57. The zero-order chi connectivity index (χ0) is 25.2. The van der Waals surface area contributed by atoms with Crippen molar-refractivity contribution in [2.75, 3.05) is 10.2 Å². The lowest BCUT2D eigenvalue weighted by atomic mass is 9.98. The van der Waals surface area contributed by atoms with Gasteiger partial charge in [-0.05, 0) is 47.3 Å². The lowest BCUT2D eigenvalue weighted by molar-refractivity contribution is -0.195. The molecule has 0 fully saturated rings. The summed E-state index contributed by atoms with van der Waals surface area (Å²) >= 11 is 1.66. The van der Waals surface area contributed by atoms with Crippen LogP contribution in [0.3, 0.4) is 0 Å². The van der Waals surface area contributed by atoms with Crippen molar-refractivity contribution in [2.45, 2.75) is 15.5 Å².